The third-order valence-electron chi connectivity index (χ3n) is 2.57. The summed E-state index contributed by atoms with van der Waals surface area (Å²) in [7, 11) is 0. The van der Waals surface area contributed by atoms with Crippen LogP contribution >= 0.6 is 11.8 Å². The molecule has 0 spiro atoms. The van der Waals surface area contributed by atoms with E-state index < -0.39 is 5.97 Å². The van der Waals surface area contributed by atoms with Crippen LogP contribution in [0.5, 0.6) is 0 Å². The first-order valence-electron chi connectivity index (χ1n) is 5.28. The van der Waals surface area contributed by atoms with Gasteiger partial charge in [0.05, 0.1) is 4.87 Å². The summed E-state index contributed by atoms with van der Waals surface area (Å²) in [4.78, 5) is 10.9. The van der Waals surface area contributed by atoms with E-state index in [0.29, 0.717) is 5.75 Å². The maximum atomic E-state index is 10.8. The lowest BCUT2D eigenvalue weighted by Crippen LogP contribution is -2.45. The first-order chi connectivity index (χ1) is 6.63. The molecule has 1 heterocycles. The van der Waals surface area contributed by atoms with Gasteiger partial charge in [-0.25, -0.2) is 0 Å². The third-order valence-corrected chi connectivity index (χ3v) is 4.15. The predicted molar refractivity (Wildman–Crippen MR) is 59.6 cm³/mol. The Bertz CT molecular complexity index is 202. The molecule has 0 bridgehead atoms. The van der Waals surface area contributed by atoms with E-state index in [1.165, 1.54) is 0 Å². The molecule has 0 aromatic heterocycles. The van der Waals surface area contributed by atoms with Crippen molar-refractivity contribution in [2.75, 3.05) is 5.75 Å². The summed E-state index contributed by atoms with van der Waals surface area (Å²) in [6.07, 6.45) is 4.34. The van der Waals surface area contributed by atoms with Crippen LogP contribution in [0.1, 0.15) is 39.5 Å². The summed E-state index contributed by atoms with van der Waals surface area (Å²) in [5.74, 6) is -0.0124. The maximum Gasteiger partial charge on any atom is 0.321 e. The Morgan fingerprint density at radius 2 is 2.07 bits per heavy atom. The molecule has 0 amide bonds. The topological polar surface area (TPSA) is 49.3 Å². The summed E-state index contributed by atoms with van der Waals surface area (Å²) >= 11 is 1.78. The van der Waals surface area contributed by atoms with Crippen LogP contribution < -0.4 is 5.32 Å². The summed E-state index contributed by atoms with van der Waals surface area (Å²) in [5.41, 5.74) is 0. The second kappa shape index (κ2) is 5.03. The molecule has 1 saturated heterocycles. The SMILES string of the molecule is CCCC1(CCC)NC(C(=O)O)CS1. The molecule has 0 aliphatic carbocycles. The van der Waals surface area contributed by atoms with Crippen molar-refractivity contribution in [1.82, 2.24) is 5.32 Å². The first kappa shape index (κ1) is 11.9. The molecule has 82 valence electrons. The molecule has 0 radical (unpaired) electrons. The van der Waals surface area contributed by atoms with Gasteiger partial charge in [0, 0.05) is 5.75 Å². The average Bonchev–Trinajstić information content (AvgIpc) is 2.51. The van der Waals surface area contributed by atoms with Gasteiger partial charge in [-0.3, -0.25) is 10.1 Å². The van der Waals surface area contributed by atoms with Gasteiger partial charge in [-0.1, -0.05) is 26.7 Å². The minimum absolute atomic E-state index is 0.0343. The molecule has 1 aliphatic heterocycles. The van der Waals surface area contributed by atoms with Gasteiger partial charge in [0.2, 0.25) is 0 Å². The maximum absolute atomic E-state index is 10.8. The van der Waals surface area contributed by atoms with Gasteiger partial charge in [0.15, 0.2) is 0 Å². The molecule has 2 N–H and O–H groups in total. The van der Waals surface area contributed by atoms with Crippen LogP contribution in [0.2, 0.25) is 0 Å². The molecule has 1 aliphatic rings. The van der Waals surface area contributed by atoms with Crippen LogP contribution in [0, 0.1) is 0 Å². The van der Waals surface area contributed by atoms with Crippen molar-refractivity contribution in [3.05, 3.63) is 0 Å². The van der Waals surface area contributed by atoms with E-state index in [4.69, 9.17) is 5.11 Å². The Balaban J connectivity index is 2.58. The van der Waals surface area contributed by atoms with Gasteiger partial charge in [-0.2, -0.15) is 0 Å². The third kappa shape index (κ3) is 2.64. The highest BCUT2D eigenvalue weighted by Crippen LogP contribution is 2.38. The minimum Gasteiger partial charge on any atom is -0.480 e. The second-order valence-corrected chi connectivity index (χ2v) is 5.24. The summed E-state index contributed by atoms with van der Waals surface area (Å²) in [6, 6.07) is -0.349. The second-order valence-electron chi connectivity index (χ2n) is 3.84. The van der Waals surface area contributed by atoms with Crippen molar-refractivity contribution in [2.24, 2.45) is 0 Å². The van der Waals surface area contributed by atoms with Crippen LogP contribution in [0.15, 0.2) is 0 Å². The van der Waals surface area contributed by atoms with E-state index in [1.807, 2.05) is 0 Å². The molecule has 1 unspecified atom stereocenters. The van der Waals surface area contributed by atoms with Gasteiger partial charge < -0.3 is 5.11 Å². The quantitative estimate of drug-likeness (QED) is 0.740. The lowest BCUT2D eigenvalue weighted by molar-refractivity contribution is -0.138. The van der Waals surface area contributed by atoms with Gasteiger partial charge in [-0.15, -0.1) is 11.8 Å². The molecule has 1 fully saturated rings. The normalized spacial score (nSPS) is 25.1. The van der Waals surface area contributed by atoms with Crippen molar-refractivity contribution in [2.45, 2.75) is 50.4 Å². The first-order valence-corrected chi connectivity index (χ1v) is 6.26. The van der Waals surface area contributed by atoms with Crippen LogP contribution in [-0.2, 0) is 4.79 Å². The standard InChI is InChI=1S/C10H19NO2S/c1-3-5-10(6-4-2)11-8(7-14-10)9(12)13/h8,11H,3-7H2,1-2H3,(H,12,13). The molecule has 14 heavy (non-hydrogen) atoms. The Labute approximate surface area is 89.6 Å². The molecule has 3 nitrogen and oxygen atoms in total. The molecule has 0 aromatic rings. The van der Waals surface area contributed by atoms with E-state index in [-0.39, 0.29) is 10.9 Å². The lowest BCUT2D eigenvalue weighted by Gasteiger charge is -2.28. The molecule has 1 rings (SSSR count). The zero-order valence-electron chi connectivity index (χ0n) is 8.88. The highest BCUT2D eigenvalue weighted by molar-refractivity contribution is 8.00. The predicted octanol–water partition coefficient (Wildman–Crippen LogP) is 2.07. The fourth-order valence-electron chi connectivity index (χ4n) is 2.00. The Morgan fingerprint density at radius 1 is 1.50 bits per heavy atom. The molecule has 1 atom stereocenters. The zero-order chi connectivity index (χ0) is 10.6. The molecular formula is C10H19NO2S. The van der Waals surface area contributed by atoms with Crippen LogP contribution in [0.3, 0.4) is 0 Å². The molecular weight excluding hydrogens is 198 g/mol. The van der Waals surface area contributed by atoms with Crippen molar-refractivity contribution in [3.63, 3.8) is 0 Å². The number of aliphatic carboxylic acids is 1. The highest BCUT2D eigenvalue weighted by atomic mass is 32.2. The fourth-order valence-corrected chi connectivity index (χ4v) is 3.63. The van der Waals surface area contributed by atoms with Crippen LogP contribution in [0.4, 0.5) is 0 Å². The molecule has 4 heteroatoms. The highest BCUT2D eigenvalue weighted by Gasteiger charge is 2.40. The van der Waals surface area contributed by atoms with Gasteiger partial charge >= 0.3 is 5.97 Å². The number of rotatable bonds is 5. The van der Waals surface area contributed by atoms with E-state index >= 15 is 0 Å². The van der Waals surface area contributed by atoms with Crippen molar-refractivity contribution >= 4 is 17.7 Å². The number of thioether (sulfide) groups is 1. The van der Waals surface area contributed by atoms with Crippen molar-refractivity contribution < 1.29 is 9.90 Å². The van der Waals surface area contributed by atoms with Gasteiger partial charge in [-0.05, 0) is 12.8 Å². The summed E-state index contributed by atoms with van der Waals surface area (Å²) in [6.45, 7) is 4.29. The number of hydrogen-bond acceptors (Lipinski definition) is 3. The number of nitrogens with one attached hydrogen (secondary N) is 1. The van der Waals surface area contributed by atoms with E-state index in [9.17, 15) is 4.79 Å². The fraction of sp³-hybridized carbons (Fsp3) is 0.900. The zero-order valence-corrected chi connectivity index (χ0v) is 9.69. The number of hydrogen-bond donors (Lipinski definition) is 2. The number of carboxylic acid groups (broad SMARTS) is 1. The summed E-state index contributed by atoms with van der Waals surface area (Å²) in [5, 5.41) is 12.2. The average molecular weight is 217 g/mol. The van der Waals surface area contributed by atoms with Crippen LogP contribution in [-0.4, -0.2) is 27.7 Å². The Kier molecular flexibility index (Phi) is 4.26. The smallest absolute Gasteiger partial charge is 0.321 e. The number of carbonyl (C=O) groups is 1. The van der Waals surface area contributed by atoms with Gasteiger partial charge in [0.25, 0.3) is 0 Å². The summed E-state index contributed by atoms with van der Waals surface area (Å²) < 4.78 is 0. The minimum atomic E-state index is -0.716. The lowest BCUT2D eigenvalue weighted by atomic mass is 10.1. The molecule has 0 saturated carbocycles. The largest absolute Gasteiger partial charge is 0.480 e. The van der Waals surface area contributed by atoms with E-state index in [0.717, 1.165) is 25.7 Å². The van der Waals surface area contributed by atoms with Crippen LogP contribution in [0.25, 0.3) is 0 Å². The number of carboxylic acids is 1. The van der Waals surface area contributed by atoms with E-state index in [1.54, 1.807) is 11.8 Å². The van der Waals surface area contributed by atoms with Crippen molar-refractivity contribution in [1.29, 1.82) is 0 Å². The van der Waals surface area contributed by atoms with Gasteiger partial charge in [0.1, 0.15) is 6.04 Å². The van der Waals surface area contributed by atoms with E-state index in [2.05, 4.69) is 19.2 Å². The molecule has 0 aromatic carbocycles. The van der Waals surface area contributed by atoms with Crippen molar-refractivity contribution in [3.8, 4) is 0 Å². The monoisotopic (exact) mass is 217 g/mol. The Morgan fingerprint density at radius 3 is 2.43 bits per heavy atom. The Hall–Kier alpha value is -0.220.